The summed E-state index contributed by atoms with van der Waals surface area (Å²) in [4.78, 5) is 16.1. The number of carbonyl (C=O) groups is 1. The van der Waals surface area contributed by atoms with Crippen molar-refractivity contribution in [1.82, 2.24) is 4.98 Å². The van der Waals surface area contributed by atoms with Crippen LogP contribution in [0.4, 0.5) is 5.69 Å². The van der Waals surface area contributed by atoms with E-state index in [4.69, 9.17) is 23.2 Å². The van der Waals surface area contributed by atoms with E-state index < -0.39 is 0 Å². The number of benzene rings is 1. The van der Waals surface area contributed by atoms with Gasteiger partial charge in [0.25, 0.3) is 5.91 Å². The van der Waals surface area contributed by atoms with Gasteiger partial charge in [-0.2, -0.15) is 0 Å². The van der Waals surface area contributed by atoms with E-state index in [9.17, 15) is 4.79 Å². The third kappa shape index (κ3) is 3.26. The molecule has 0 saturated heterocycles. The van der Waals surface area contributed by atoms with Gasteiger partial charge >= 0.3 is 0 Å². The van der Waals surface area contributed by atoms with Crippen LogP contribution in [0.3, 0.4) is 0 Å². The van der Waals surface area contributed by atoms with Crippen LogP contribution in [0, 0.1) is 6.92 Å². The molecule has 0 radical (unpaired) electrons. The van der Waals surface area contributed by atoms with Crippen LogP contribution in [-0.4, -0.2) is 10.9 Å². The Hall–Kier alpha value is -1.10. The highest BCUT2D eigenvalue weighted by molar-refractivity contribution is 9.10. The molecule has 0 atom stereocenters. The van der Waals surface area contributed by atoms with Gasteiger partial charge in [-0.1, -0.05) is 23.2 Å². The van der Waals surface area contributed by atoms with E-state index in [1.807, 2.05) is 6.92 Å². The molecular weight excluding hydrogens is 351 g/mol. The number of hydrogen-bond donors (Lipinski definition) is 1. The summed E-state index contributed by atoms with van der Waals surface area (Å²) in [7, 11) is 0. The molecule has 0 aliphatic heterocycles. The molecule has 6 heteroatoms. The standard InChI is InChI=1S/C13H9BrCl2N2O/c1-7-4-5-17-12(16)11(7)18-13(19)9-6-8(15)2-3-10(9)14/h2-6H,1H3,(H,18,19). The lowest BCUT2D eigenvalue weighted by Crippen LogP contribution is -2.14. The highest BCUT2D eigenvalue weighted by Gasteiger charge is 2.14. The molecule has 0 spiro atoms. The van der Waals surface area contributed by atoms with E-state index in [0.29, 0.717) is 20.7 Å². The molecule has 0 fully saturated rings. The van der Waals surface area contributed by atoms with Crippen molar-refractivity contribution in [2.24, 2.45) is 0 Å². The zero-order valence-electron chi connectivity index (χ0n) is 9.88. The van der Waals surface area contributed by atoms with Crippen molar-refractivity contribution in [3.63, 3.8) is 0 Å². The van der Waals surface area contributed by atoms with E-state index in [1.54, 1.807) is 30.5 Å². The van der Waals surface area contributed by atoms with Crippen LogP contribution in [-0.2, 0) is 0 Å². The van der Waals surface area contributed by atoms with Gasteiger partial charge in [0.1, 0.15) is 0 Å². The van der Waals surface area contributed by atoms with E-state index in [1.165, 1.54) is 0 Å². The molecule has 0 aliphatic rings. The number of nitrogens with zero attached hydrogens (tertiary/aromatic N) is 1. The van der Waals surface area contributed by atoms with E-state index in [-0.39, 0.29) is 11.1 Å². The fourth-order valence-corrected chi connectivity index (χ4v) is 2.38. The van der Waals surface area contributed by atoms with Crippen LogP contribution < -0.4 is 5.32 Å². The summed E-state index contributed by atoms with van der Waals surface area (Å²) in [5, 5.41) is 3.49. The number of carbonyl (C=O) groups excluding carboxylic acids is 1. The minimum atomic E-state index is -0.299. The van der Waals surface area contributed by atoms with Gasteiger partial charge < -0.3 is 5.32 Å². The molecule has 0 saturated carbocycles. The molecule has 0 bridgehead atoms. The number of pyridine rings is 1. The number of hydrogen-bond acceptors (Lipinski definition) is 2. The molecule has 1 aromatic heterocycles. The first-order chi connectivity index (χ1) is 8.99. The average molecular weight is 360 g/mol. The molecule has 2 rings (SSSR count). The maximum atomic E-state index is 12.2. The molecule has 1 N–H and O–H groups in total. The molecular formula is C13H9BrCl2N2O. The van der Waals surface area contributed by atoms with Crippen molar-refractivity contribution in [2.75, 3.05) is 5.32 Å². The van der Waals surface area contributed by atoms with Gasteiger partial charge in [0.2, 0.25) is 0 Å². The Labute approximate surface area is 129 Å². The lowest BCUT2D eigenvalue weighted by atomic mass is 10.2. The second-order valence-corrected chi connectivity index (χ2v) is 5.52. The molecule has 1 heterocycles. The van der Waals surface area contributed by atoms with Gasteiger partial charge in [-0.25, -0.2) is 4.98 Å². The topological polar surface area (TPSA) is 42.0 Å². The quantitative estimate of drug-likeness (QED) is 0.789. The van der Waals surface area contributed by atoms with Crippen molar-refractivity contribution >= 4 is 50.7 Å². The maximum absolute atomic E-state index is 12.2. The number of nitrogens with one attached hydrogen (secondary N) is 1. The second-order valence-electron chi connectivity index (χ2n) is 3.87. The van der Waals surface area contributed by atoms with Crippen molar-refractivity contribution in [1.29, 1.82) is 0 Å². The van der Waals surface area contributed by atoms with Gasteiger partial charge in [-0.15, -0.1) is 0 Å². The smallest absolute Gasteiger partial charge is 0.256 e. The van der Waals surface area contributed by atoms with Crippen molar-refractivity contribution in [3.05, 3.63) is 56.2 Å². The number of amides is 1. The number of anilines is 1. The summed E-state index contributed by atoms with van der Waals surface area (Å²) in [6.45, 7) is 1.84. The minimum absolute atomic E-state index is 0.256. The third-order valence-electron chi connectivity index (χ3n) is 2.52. The molecule has 0 aliphatic carbocycles. The van der Waals surface area contributed by atoms with Crippen LogP contribution >= 0.6 is 39.1 Å². The second kappa shape index (κ2) is 5.90. The molecule has 3 nitrogen and oxygen atoms in total. The summed E-state index contributed by atoms with van der Waals surface area (Å²) >= 11 is 15.2. The fourth-order valence-electron chi connectivity index (χ4n) is 1.53. The molecule has 0 unspecified atom stereocenters. The minimum Gasteiger partial charge on any atom is -0.319 e. The maximum Gasteiger partial charge on any atom is 0.256 e. The summed E-state index contributed by atoms with van der Waals surface area (Å²) in [5.74, 6) is -0.299. The van der Waals surface area contributed by atoms with Crippen LogP contribution in [0.25, 0.3) is 0 Å². The first kappa shape index (κ1) is 14.3. The Kier molecular flexibility index (Phi) is 4.45. The van der Waals surface area contributed by atoms with Crippen molar-refractivity contribution in [2.45, 2.75) is 6.92 Å². The predicted molar refractivity (Wildman–Crippen MR) is 81.1 cm³/mol. The lowest BCUT2D eigenvalue weighted by Gasteiger charge is -2.10. The van der Waals surface area contributed by atoms with Crippen molar-refractivity contribution < 1.29 is 4.79 Å². The van der Waals surface area contributed by atoms with Crippen LogP contribution in [0.1, 0.15) is 15.9 Å². The van der Waals surface area contributed by atoms with Gasteiger partial charge in [-0.05, 0) is 52.7 Å². The summed E-state index contributed by atoms with van der Waals surface area (Å²) in [6.07, 6.45) is 1.59. The highest BCUT2D eigenvalue weighted by Crippen LogP contribution is 2.26. The monoisotopic (exact) mass is 358 g/mol. The Morgan fingerprint density at radius 3 is 2.74 bits per heavy atom. The van der Waals surface area contributed by atoms with Crippen LogP contribution in [0.2, 0.25) is 10.2 Å². The third-order valence-corrected chi connectivity index (χ3v) is 3.74. The number of aryl methyl sites for hydroxylation is 1. The number of aromatic nitrogens is 1. The van der Waals surface area contributed by atoms with Gasteiger partial charge in [0, 0.05) is 15.7 Å². The Balaban J connectivity index is 2.34. The zero-order chi connectivity index (χ0) is 14.0. The van der Waals surface area contributed by atoms with Gasteiger partial charge in [0.15, 0.2) is 5.15 Å². The van der Waals surface area contributed by atoms with E-state index in [0.717, 1.165) is 5.56 Å². The van der Waals surface area contributed by atoms with Crippen LogP contribution in [0.5, 0.6) is 0 Å². The van der Waals surface area contributed by atoms with E-state index in [2.05, 4.69) is 26.2 Å². The Morgan fingerprint density at radius 2 is 2.05 bits per heavy atom. The first-order valence-electron chi connectivity index (χ1n) is 5.36. The molecule has 19 heavy (non-hydrogen) atoms. The zero-order valence-corrected chi connectivity index (χ0v) is 13.0. The molecule has 98 valence electrons. The largest absolute Gasteiger partial charge is 0.319 e. The first-order valence-corrected chi connectivity index (χ1v) is 6.91. The van der Waals surface area contributed by atoms with Crippen molar-refractivity contribution in [3.8, 4) is 0 Å². The average Bonchev–Trinajstić information content (AvgIpc) is 2.37. The molecule has 1 aromatic carbocycles. The highest BCUT2D eigenvalue weighted by atomic mass is 79.9. The lowest BCUT2D eigenvalue weighted by molar-refractivity contribution is 0.102. The Bertz CT molecular complexity index is 626. The SMILES string of the molecule is Cc1ccnc(Cl)c1NC(=O)c1cc(Cl)ccc1Br. The summed E-state index contributed by atoms with van der Waals surface area (Å²) in [5.41, 5.74) is 1.78. The fraction of sp³-hybridized carbons (Fsp3) is 0.0769. The van der Waals surface area contributed by atoms with Crippen LogP contribution in [0.15, 0.2) is 34.9 Å². The van der Waals surface area contributed by atoms with E-state index >= 15 is 0 Å². The normalized spacial score (nSPS) is 10.3. The molecule has 1 amide bonds. The summed E-state index contributed by atoms with van der Waals surface area (Å²) in [6, 6.07) is 6.77. The van der Waals surface area contributed by atoms with Gasteiger partial charge in [0.05, 0.1) is 11.3 Å². The predicted octanol–water partition coefficient (Wildman–Crippen LogP) is 4.71. The number of rotatable bonds is 2. The summed E-state index contributed by atoms with van der Waals surface area (Å²) < 4.78 is 0.659. The Morgan fingerprint density at radius 1 is 1.32 bits per heavy atom. The molecule has 2 aromatic rings. The number of halogens is 3. The van der Waals surface area contributed by atoms with Gasteiger partial charge in [-0.3, -0.25) is 4.79 Å².